The molecule has 38 heavy (non-hydrogen) atoms. The van der Waals surface area contributed by atoms with Gasteiger partial charge in [0.1, 0.15) is 23.0 Å². The van der Waals surface area contributed by atoms with E-state index in [0.717, 1.165) is 44.2 Å². The van der Waals surface area contributed by atoms with E-state index in [1.807, 2.05) is 72.8 Å². The Hall–Kier alpha value is -5.10. The Kier molecular flexibility index (Phi) is 4.78. The van der Waals surface area contributed by atoms with E-state index in [0.29, 0.717) is 33.1 Å². The molecule has 0 saturated heterocycles. The molecule has 5 aromatic carbocycles. The summed E-state index contributed by atoms with van der Waals surface area (Å²) in [6.45, 7) is 0. The minimum Gasteiger partial charge on any atom is -0.497 e. The second kappa shape index (κ2) is 8.21. The van der Waals surface area contributed by atoms with Gasteiger partial charge in [-0.3, -0.25) is 0 Å². The Morgan fingerprint density at radius 2 is 0.895 bits per heavy atom. The number of hydrogen-bond donors (Lipinski definition) is 0. The van der Waals surface area contributed by atoms with Crippen LogP contribution in [0, 0.1) is 0 Å². The molecular weight excluding hydrogens is 480 g/mol. The summed E-state index contributed by atoms with van der Waals surface area (Å²) in [5.74, 6) is 1.45. The first-order valence-electron chi connectivity index (χ1n) is 12.1. The summed E-state index contributed by atoms with van der Waals surface area (Å²) in [6.07, 6.45) is 0. The first-order valence-corrected chi connectivity index (χ1v) is 12.1. The summed E-state index contributed by atoms with van der Waals surface area (Å²) in [6, 6.07) is 26.5. The average Bonchev–Trinajstić information content (AvgIpc) is 3.44. The predicted octanol–water partition coefficient (Wildman–Crippen LogP) is 4.25. The molecule has 0 atom stereocenters. The molecule has 2 aliphatic heterocycles. The van der Waals surface area contributed by atoms with Gasteiger partial charge in [-0.2, -0.15) is 0 Å². The molecule has 0 unspecified atom stereocenters. The molecule has 2 aliphatic rings. The van der Waals surface area contributed by atoms with Crippen molar-refractivity contribution in [1.29, 1.82) is 0 Å². The lowest BCUT2D eigenvalue weighted by molar-refractivity contribution is -0.128. The van der Waals surface area contributed by atoms with Gasteiger partial charge in [-0.1, -0.05) is 36.4 Å². The normalized spacial score (nSPS) is 13.9. The minimum atomic E-state index is -0.441. The largest absolute Gasteiger partial charge is 0.497 e. The number of esters is 2. The van der Waals surface area contributed by atoms with Crippen molar-refractivity contribution in [2.75, 3.05) is 14.2 Å². The van der Waals surface area contributed by atoms with Gasteiger partial charge in [0.2, 0.25) is 0 Å². The molecule has 0 saturated carbocycles. The fourth-order valence-corrected chi connectivity index (χ4v) is 5.20. The van der Waals surface area contributed by atoms with E-state index in [-0.39, 0.29) is 0 Å². The van der Waals surface area contributed by atoms with E-state index in [2.05, 4.69) is 0 Å². The number of ether oxygens (including phenoxy) is 4. The van der Waals surface area contributed by atoms with E-state index in [9.17, 15) is 9.59 Å². The summed E-state index contributed by atoms with van der Waals surface area (Å²) in [5, 5.41) is 5.12. The van der Waals surface area contributed by atoms with Crippen LogP contribution in [-0.2, 0) is 9.59 Å². The quantitative estimate of drug-likeness (QED) is 0.272. The highest BCUT2D eigenvalue weighted by molar-refractivity contribution is 6.21. The number of hydrogen-bond acceptors (Lipinski definition) is 6. The topological polar surface area (TPSA) is 71.1 Å². The summed E-state index contributed by atoms with van der Waals surface area (Å²) < 4.78 is 22.0. The molecule has 0 amide bonds. The molecule has 0 aromatic heterocycles. The third-order valence-corrected chi connectivity index (χ3v) is 7.11. The number of benzene rings is 5. The van der Waals surface area contributed by atoms with Gasteiger partial charge in [-0.15, -0.1) is 0 Å². The van der Waals surface area contributed by atoms with Crippen molar-refractivity contribution in [1.82, 2.24) is 0 Å². The summed E-state index contributed by atoms with van der Waals surface area (Å²) >= 11 is 0. The number of carbonyl (C=O) groups is 2. The molecule has 0 spiro atoms. The molecule has 0 bridgehead atoms. The van der Waals surface area contributed by atoms with Gasteiger partial charge in [0.05, 0.1) is 25.4 Å². The molecule has 0 aliphatic carbocycles. The zero-order valence-corrected chi connectivity index (χ0v) is 20.5. The lowest BCUT2D eigenvalue weighted by atomic mass is 9.98. The molecule has 6 heteroatoms. The average molecular weight is 501 g/mol. The van der Waals surface area contributed by atoms with E-state index in [1.54, 1.807) is 26.4 Å². The maximum atomic E-state index is 13.0. The first-order chi connectivity index (χ1) is 18.5. The van der Waals surface area contributed by atoms with Crippen molar-refractivity contribution in [2.45, 2.75) is 0 Å². The van der Waals surface area contributed by atoms with Crippen LogP contribution >= 0.6 is 0 Å². The van der Waals surface area contributed by atoms with Crippen LogP contribution in [0.5, 0.6) is 23.0 Å². The maximum absolute atomic E-state index is 13.0. The van der Waals surface area contributed by atoms with E-state index >= 15 is 0 Å². The molecule has 184 valence electrons. The predicted molar refractivity (Wildman–Crippen MR) is 143 cm³/mol. The van der Waals surface area contributed by atoms with Gasteiger partial charge in [0.25, 0.3) is 0 Å². The van der Waals surface area contributed by atoms with Gasteiger partial charge in [0, 0.05) is 10.4 Å². The molecular formula is C32H20O6. The smallest absolute Gasteiger partial charge is 0.344 e. The third kappa shape index (κ3) is 3.34. The Bertz CT molecular complexity index is 1840. The fraction of sp³-hybridized carbons (Fsp3) is 0.0625. The van der Waals surface area contributed by atoms with E-state index in [1.165, 1.54) is 0 Å². The van der Waals surface area contributed by atoms with Crippen LogP contribution in [0.4, 0.5) is 0 Å². The fourth-order valence-electron chi connectivity index (χ4n) is 5.20. The van der Waals surface area contributed by atoms with E-state index < -0.39 is 11.9 Å². The van der Waals surface area contributed by atoms with Crippen LogP contribution in [0.2, 0.25) is 0 Å². The molecule has 6 nitrogen and oxygen atoms in total. The van der Waals surface area contributed by atoms with Crippen LogP contribution < -0.4 is 29.4 Å². The zero-order valence-electron chi connectivity index (χ0n) is 20.5. The zero-order chi connectivity index (χ0) is 26.0. The molecule has 5 aromatic rings. The Morgan fingerprint density at radius 3 is 1.32 bits per heavy atom. The maximum Gasteiger partial charge on any atom is 0.344 e. The lowest BCUT2D eigenvalue weighted by Gasteiger charge is -2.05. The highest BCUT2D eigenvalue weighted by Gasteiger charge is 2.30. The lowest BCUT2D eigenvalue weighted by Crippen LogP contribution is -2.11. The van der Waals surface area contributed by atoms with Gasteiger partial charge in [-0.25, -0.2) is 9.59 Å². The monoisotopic (exact) mass is 500 g/mol. The highest BCUT2D eigenvalue weighted by Crippen LogP contribution is 2.31. The SMILES string of the molecule is COc1ccc2cc(C3=c4cc5c(cc4OC3=O)=C(c3ccc4cc(OC)ccc4c3)C(=O)O5)ccc2c1. The number of fused-ring (bicyclic) bond motifs is 4. The second-order valence-corrected chi connectivity index (χ2v) is 9.23. The van der Waals surface area contributed by atoms with Gasteiger partial charge < -0.3 is 18.9 Å². The van der Waals surface area contributed by atoms with Crippen LogP contribution in [-0.4, -0.2) is 26.2 Å². The van der Waals surface area contributed by atoms with Crippen LogP contribution in [0.1, 0.15) is 11.1 Å². The van der Waals surface area contributed by atoms with Gasteiger partial charge >= 0.3 is 11.9 Å². The van der Waals surface area contributed by atoms with Crippen LogP contribution in [0.15, 0.2) is 84.9 Å². The standard InChI is InChI=1S/C32H20O6/c1-35-23-9-7-17-11-21(5-3-19(17)13-23)29-25-15-28-26(16-27(25)37-31(29)33)30(32(34)38-28)22-6-4-20-14-24(36-2)10-8-18(20)12-22/h3-16H,1-2H3. The molecule has 0 radical (unpaired) electrons. The van der Waals surface area contributed by atoms with Crippen molar-refractivity contribution >= 4 is 44.6 Å². The summed E-state index contributed by atoms with van der Waals surface area (Å²) in [7, 11) is 3.25. The summed E-state index contributed by atoms with van der Waals surface area (Å²) in [4.78, 5) is 26.0. The Morgan fingerprint density at radius 1 is 0.500 bits per heavy atom. The minimum absolute atomic E-state index is 0.403. The highest BCUT2D eigenvalue weighted by atomic mass is 16.5. The number of carbonyl (C=O) groups excluding carboxylic acids is 2. The van der Waals surface area contributed by atoms with Crippen LogP contribution in [0.3, 0.4) is 0 Å². The third-order valence-electron chi connectivity index (χ3n) is 7.11. The Balaban J connectivity index is 1.39. The van der Waals surface area contributed by atoms with Crippen molar-refractivity contribution in [3.8, 4) is 23.0 Å². The molecule has 2 heterocycles. The second-order valence-electron chi connectivity index (χ2n) is 9.23. The molecule has 0 N–H and O–H groups in total. The van der Waals surface area contributed by atoms with Gasteiger partial charge in [-0.05, 0) is 81.2 Å². The van der Waals surface area contributed by atoms with Crippen molar-refractivity contribution < 1.29 is 28.5 Å². The van der Waals surface area contributed by atoms with Gasteiger partial charge in [0.15, 0.2) is 0 Å². The number of rotatable bonds is 4. The molecule has 0 fully saturated rings. The molecule has 7 rings (SSSR count). The van der Waals surface area contributed by atoms with Crippen LogP contribution in [0.25, 0.3) is 32.7 Å². The number of methoxy groups -OCH3 is 2. The van der Waals surface area contributed by atoms with Crippen molar-refractivity contribution in [2.24, 2.45) is 0 Å². The Labute approximate surface area is 216 Å². The summed E-state index contributed by atoms with van der Waals surface area (Å²) in [5.41, 5.74) is 2.32. The van der Waals surface area contributed by atoms with Crippen molar-refractivity contribution in [3.05, 3.63) is 106 Å². The van der Waals surface area contributed by atoms with E-state index in [4.69, 9.17) is 18.9 Å². The van der Waals surface area contributed by atoms with Crippen molar-refractivity contribution in [3.63, 3.8) is 0 Å². The first kappa shape index (κ1) is 22.1.